The standard InChI is InChI=1S/C24H27N11O7S3/c1-4-24(2,20(40)41)42-32-13(10-8-44-22(27)28-10)16(36)30-14-17(37)34-15(19(38)39)9(6-43-18(14)34)7-45-23-29-11(25)5-12-33(3)21(26)31-35(12)23/h5,8,14,18,25H,4,6-7H2,1-3H3,(H7,26,27,28,30,31,36,38,39,40,41)/b32-13-/t14?,18-,24?/m1/s1. The van der Waals surface area contributed by atoms with E-state index in [1.54, 1.807) is 24.6 Å². The van der Waals surface area contributed by atoms with E-state index >= 15 is 0 Å². The van der Waals surface area contributed by atoms with E-state index in [4.69, 9.17) is 22.0 Å². The number of carbonyl (C=O) groups is 4. The molecule has 3 atom stereocenters. The number of oxime groups is 1. The molecule has 2 amide bonds. The second kappa shape index (κ2) is 12.0. The summed E-state index contributed by atoms with van der Waals surface area (Å²) < 4.78 is 3.09. The number of nitrogens with two attached hydrogens (primary N) is 3. The number of carboxylic acids is 2. The van der Waals surface area contributed by atoms with Crippen molar-refractivity contribution in [1.29, 1.82) is 0 Å². The van der Waals surface area contributed by atoms with Gasteiger partial charge in [0.25, 0.3) is 11.8 Å². The molecular weight excluding hydrogens is 651 g/mol. The lowest BCUT2D eigenvalue weighted by molar-refractivity contribution is -0.631. The van der Waals surface area contributed by atoms with E-state index in [0.29, 0.717) is 16.4 Å². The first-order valence-electron chi connectivity index (χ1n) is 13.1. The molecule has 8 N–H and O–H groups in total. The van der Waals surface area contributed by atoms with Crippen LogP contribution in [-0.4, -0.2) is 87.6 Å². The minimum absolute atomic E-state index is 0.00481. The Morgan fingerprint density at radius 3 is 2.69 bits per heavy atom. The molecule has 0 spiro atoms. The lowest BCUT2D eigenvalue weighted by Gasteiger charge is -2.50. The van der Waals surface area contributed by atoms with Gasteiger partial charge in [-0.25, -0.2) is 14.3 Å². The van der Waals surface area contributed by atoms with Crippen LogP contribution < -0.4 is 32.2 Å². The zero-order chi connectivity index (χ0) is 32.8. The van der Waals surface area contributed by atoms with Crippen LogP contribution in [0.15, 0.2) is 33.0 Å². The maximum atomic E-state index is 13.3. The number of rotatable bonds is 11. The van der Waals surface area contributed by atoms with Crippen molar-refractivity contribution in [3.05, 3.63) is 28.4 Å². The van der Waals surface area contributed by atoms with Gasteiger partial charge < -0.3 is 42.4 Å². The van der Waals surface area contributed by atoms with Crippen LogP contribution in [0.4, 0.5) is 16.9 Å². The second-order valence-corrected chi connectivity index (χ2v) is 13.0. The fourth-order valence-corrected chi connectivity index (χ4v) is 7.33. The highest BCUT2D eigenvalue weighted by molar-refractivity contribution is 8.01. The number of hydrogen-bond acceptors (Lipinski definition) is 16. The van der Waals surface area contributed by atoms with Gasteiger partial charge >= 0.3 is 11.9 Å². The molecule has 18 nitrogen and oxygen atoms in total. The fraction of sp³-hybridized carbons (Fsp3) is 0.375. The van der Waals surface area contributed by atoms with Crippen LogP contribution in [0.1, 0.15) is 26.0 Å². The van der Waals surface area contributed by atoms with Gasteiger partial charge in [0, 0.05) is 28.1 Å². The molecule has 21 heteroatoms. The average Bonchev–Trinajstić information content (AvgIpc) is 3.55. The summed E-state index contributed by atoms with van der Waals surface area (Å²) in [5.41, 5.74) is 16.1. The molecular formula is C24H27N11O7S3. The Labute approximate surface area is 266 Å². The first kappa shape index (κ1) is 31.8. The van der Waals surface area contributed by atoms with Gasteiger partial charge in [-0.15, -0.1) is 23.1 Å². The van der Waals surface area contributed by atoms with E-state index in [0.717, 1.165) is 28.0 Å². The van der Waals surface area contributed by atoms with Crippen LogP contribution in [0.3, 0.4) is 0 Å². The predicted molar refractivity (Wildman–Crippen MR) is 161 cm³/mol. The SMILES string of the molecule is CCC(C)(O/N=C(\C(=O)NC1C(=O)N2C(C(=O)[O-])=C(CSc3nc(N)cc4n3nc(N)[n+]4C)CS[C@H]12)c1csc(N)n1)C(=O)O. The van der Waals surface area contributed by atoms with Crippen molar-refractivity contribution >= 4 is 86.9 Å². The summed E-state index contributed by atoms with van der Waals surface area (Å²) >= 11 is 3.40. The summed E-state index contributed by atoms with van der Waals surface area (Å²) in [5.74, 6) is -3.73. The molecule has 0 aromatic carbocycles. The molecule has 5 rings (SSSR count). The molecule has 0 bridgehead atoms. The molecule has 2 aliphatic rings. The molecule has 2 unspecified atom stereocenters. The van der Waals surface area contributed by atoms with Crippen molar-refractivity contribution in [3.8, 4) is 0 Å². The van der Waals surface area contributed by atoms with Gasteiger partial charge in [-0.1, -0.05) is 28.4 Å². The van der Waals surface area contributed by atoms with Crippen LogP contribution in [0.25, 0.3) is 5.65 Å². The number of fused-ring (bicyclic) bond motifs is 2. The third kappa shape index (κ3) is 5.80. The molecule has 1 saturated heterocycles. The minimum atomic E-state index is -1.74. The van der Waals surface area contributed by atoms with Gasteiger partial charge in [0.15, 0.2) is 10.8 Å². The molecule has 2 aliphatic heterocycles. The summed E-state index contributed by atoms with van der Waals surface area (Å²) in [7, 11) is 1.71. The third-order valence-electron chi connectivity index (χ3n) is 7.14. The van der Waals surface area contributed by atoms with Crippen LogP contribution in [0.5, 0.6) is 0 Å². The van der Waals surface area contributed by atoms with Gasteiger partial charge in [-0.2, -0.15) is 4.98 Å². The van der Waals surface area contributed by atoms with E-state index < -0.39 is 46.5 Å². The molecule has 3 aromatic rings. The number of carboxylic acid groups (broad SMARTS) is 2. The Hall–Kier alpha value is -4.63. The summed E-state index contributed by atoms with van der Waals surface area (Å²) in [6, 6.07) is 0.458. The van der Waals surface area contributed by atoms with E-state index in [1.165, 1.54) is 28.6 Å². The van der Waals surface area contributed by atoms with Crippen molar-refractivity contribution < 1.29 is 38.8 Å². The number of nitrogens with one attached hydrogen (secondary N) is 1. The number of nitrogens with zero attached hydrogens (tertiary/aromatic N) is 7. The summed E-state index contributed by atoms with van der Waals surface area (Å²) in [6.45, 7) is 2.86. The molecule has 5 heterocycles. The smallest absolute Gasteiger partial charge is 0.376 e. The Morgan fingerprint density at radius 2 is 2.07 bits per heavy atom. The number of aryl methyl sites for hydroxylation is 1. The number of nitrogen functional groups attached to an aromatic ring is 3. The van der Waals surface area contributed by atoms with Crippen molar-refractivity contribution in [2.75, 3.05) is 28.7 Å². The number of hydrogen-bond donors (Lipinski definition) is 5. The highest BCUT2D eigenvalue weighted by atomic mass is 32.2. The molecule has 238 valence electrons. The summed E-state index contributed by atoms with van der Waals surface area (Å²) in [5, 5.41) is 33.5. The summed E-state index contributed by atoms with van der Waals surface area (Å²) in [6.07, 6.45) is 0.0286. The largest absolute Gasteiger partial charge is 0.543 e. The molecule has 3 aromatic heterocycles. The monoisotopic (exact) mass is 677 g/mol. The van der Waals surface area contributed by atoms with Gasteiger partial charge in [-0.3, -0.25) is 14.5 Å². The molecule has 45 heavy (non-hydrogen) atoms. The van der Waals surface area contributed by atoms with E-state index in [2.05, 4.69) is 25.5 Å². The zero-order valence-corrected chi connectivity index (χ0v) is 26.4. The van der Waals surface area contributed by atoms with Crippen molar-refractivity contribution in [3.63, 3.8) is 0 Å². The maximum Gasteiger partial charge on any atom is 0.376 e. The number of aliphatic carboxylic acids is 2. The lowest BCUT2D eigenvalue weighted by atomic mass is 10.0. The van der Waals surface area contributed by atoms with Crippen LogP contribution in [0, 0.1) is 0 Å². The Bertz CT molecular complexity index is 1810. The number of β-lactam (4-membered cyclic amide) rings is 1. The average molecular weight is 678 g/mol. The van der Waals surface area contributed by atoms with Crippen molar-refractivity contribution in [2.24, 2.45) is 12.2 Å². The van der Waals surface area contributed by atoms with Crippen molar-refractivity contribution in [2.45, 2.75) is 42.4 Å². The van der Waals surface area contributed by atoms with Gasteiger partial charge in [0.1, 0.15) is 22.9 Å². The number of carbonyl (C=O) groups excluding carboxylic acids is 3. The third-order valence-corrected chi connectivity index (χ3v) is 10.2. The molecule has 1 fully saturated rings. The first-order valence-corrected chi connectivity index (χ1v) is 16.0. The van der Waals surface area contributed by atoms with E-state index in [1.807, 2.05) is 0 Å². The van der Waals surface area contributed by atoms with E-state index in [-0.39, 0.29) is 46.2 Å². The molecule has 0 aliphatic carbocycles. The molecule has 0 saturated carbocycles. The molecule has 0 radical (unpaired) electrons. The van der Waals surface area contributed by atoms with E-state index in [9.17, 15) is 29.4 Å². The minimum Gasteiger partial charge on any atom is -0.543 e. The topological polar surface area (TPSA) is 273 Å². The number of thiazole rings is 1. The van der Waals surface area contributed by atoms with Crippen molar-refractivity contribution in [1.82, 2.24) is 29.8 Å². The van der Waals surface area contributed by atoms with Gasteiger partial charge in [0.05, 0.1) is 18.7 Å². The van der Waals surface area contributed by atoms with Crippen LogP contribution in [0.2, 0.25) is 0 Å². The highest BCUT2D eigenvalue weighted by Gasteiger charge is 2.53. The quantitative estimate of drug-likeness (QED) is 0.0364. The summed E-state index contributed by atoms with van der Waals surface area (Å²) in [4.78, 5) is 65.2. The number of aromatic nitrogens is 5. The maximum absolute atomic E-state index is 13.3. The zero-order valence-electron chi connectivity index (χ0n) is 23.9. The predicted octanol–water partition coefficient (Wildman–Crippen LogP) is -2.07. The van der Waals surface area contributed by atoms with Gasteiger partial charge in [0.2, 0.25) is 16.4 Å². The van der Waals surface area contributed by atoms with Gasteiger partial charge in [-0.05, 0) is 18.9 Å². The lowest BCUT2D eigenvalue weighted by Crippen LogP contribution is -2.71. The normalized spacial score (nSPS) is 19.6. The fourth-order valence-electron chi connectivity index (χ4n) is 4.34. The second-order valence-electron chi connectivity index (χ2n) is 10.0. The van der Waals surface area contributed by atoms with Crippen LogP contribution >= 0.6 is 34.9 Å². The number of amides is 2. The highest BCUT2D eigenvalue weighted by Crippen LogP contribution is 2.41. The first-order chi connectivity index (χ1) is 21.2. The number of anilines is 3. The Morgan fingerprint density at radius 1 is 1.33 bits per heavy atom. The Kier molecular flexibility index (Phi) is 8.51. The number of thioether (sulfide) groups is 2. The Balaban J connectivity index is 1.36. The van der Waals surface area contributed by atoms with Crippen LogP contribution in [-0.2, 0) is 31.1 Å².